The average molecular weight is 201 g/mol. The van der Waals surface area contributed by atoms with Crippen LogP contribution in [0.2, 0.25) is 0 Å². The van der Waals surface area contributed by atoms with Gasteiger partial charge in [0.1, 0.15) is 5.67 Å². The van der Waals surface area contributed by atoms with E-state index in [-0.39, 0.29) is 5.41 Å². The van der Waals surface area contributed by atoms with Crippen LogP contribution in [0.5, 0.6) is 0 Å². The second-order valence-electron chi connectivity index (χ2n) is 5.82. The van der Waals surface area contributed by atoms with Crippen molar-refractivity contribution in [3.63, 3.8) is 0 Å². The lowest BCUT2D eigenvalue weighted by molar-refractivity contribution is 0.0258. The first-order valence-corrected chi connectivity index (χ1v) is 5.76. The van der Waals surface area contributed by atoms with Crippen molar-refractivity contribution in [2.45, 2.75) is 52.6 Å². The highest BCUT2D eigenvalue weighted by Gasteiger charge is 2.37. The van der Waals surface area contributed by atoms with E-state index in [9.17, 15) is 4.39 Å². The molecule has 0 aliphatic carbocycles. The van der Waals surface area contributed by atoms with E-state index in [1.54, 1.807) is 0 Å². The van der Waals surface area contributed by atoms with Crippen LogP contribution >= 0.6 is 0 Å². The number of hydrogen-bond donors (Lipinski definition) is 0. The van der Waals surface area contributed by atoms with Gasteiger partial charge < -0.3 is 4.90 Å². The first-order valence-electron chi connectivity index (χ1n) is 5.76. The number of alkyl halides is 1. The molecule has 1 fully saturated rings. The molecule has 0 radical (unpaired) electrons. The highest BCUT2D eigenvalue weighted by molar-refractivity contribution is 4.89. The third kappa shape index (κ3) is 3.56. The van der Waals surface area contributed by atoms with Crippen LogP contribution in [0.25, 0.3) is 0 Å². The summed E-state index contributed by atoms with van der Waals surface area (Å²) in [4.78, 5) is 2.33. The summed E-state index contributed by atoms with van der Waals surface area (Å²) in [5.74, 6) is 0. The Labute approximate surface area is 87.7 Å². The molecule has 0 atom stereocenters. The van der Waals surface area contributed by atoms with Crippen molar-refractivity contribution in [1.82, 2.24) is 4.90 Å². The number of nitrogens with zero attached hydrogens (tertiary/aromatic N) is 1. The Morgan fingerprint density at radius 1 is 1.21 bits per heavy atom. The van der Waals surface area contributed by atoms with Crippen molar-refractivity contribution in [2.24, 2.45) is 5.41 Å². The maximum atomic E-state index is 14.4. The topological polar surface area (TPSA) is 3.24 Å². The summed E-state index contributed by atoms with van der Waals surface area (Å²) in [7, 11) is 0. The minimum Gasteiger partial charge on any atom is -0.303 e. The molecule has 14 heavy (non-hydrogen) atoms. The third-order valence-corrected chi connectivity index (χ3v) is 3.05. The molecular formula is C12H24FN. The molecule has 0 amide bonds. The van der Waals surface area contributed by atoms with Crippen LogP contribution in [0.1, 0.15) is 47.0 Å². The van der Waals surface area contributed by atoms with E-state index in [0.29, 0.717) is 6.42 Å². The van der Waals surface area contributed by atoms with Gasteiger partial charge in [-0.3, -0.25) is 0 Å². The first-order chi connectivity index (χ1) is 6.35. The van der Waals surface area contributed by atoms with Crippen molar-refractivity contribution < 1.29 is 4.39 Å². The van der Waals surface area contributed by atoms with Gasteiger partial charge in [-0.1, -0.05) is 27.7 Å². The largest absolute Gasteiger partial charge is 0.303 e. The summed E-state index contributed by atoms with van der Waals surface area (Å²) in [5.41, 5.74) is -0.785. The first kappa shape index (κ1) is 12.0. The second-order valence-corrected chi connectivity index (χ2v) is 5.82. The zero-order valence-corrected chi connectivity index (χ0v) is 10.1. The highest BCUT2D eigenvalue weighted by Crippen LogP contribution is 2.37. The van der Waals surface area contributed by atoms with Crippen molar-refractivity contribution in [3.05, 3.63) is 0 Å². The minimum atomic E-state index is -0.899. The molecule has 1 nitrogen and oxygen atoms in total. The normalized spacial score (nSPS) is 23.8. The van der Waals surface area contributed by atoms with Gasteiger partial charge in [0.05, 0.1) is 0 Å². The maximum Gasteiger partial charge on any atom is 0.114 e. The predicted octanol–water partition coefficient (Wildman–Crippen LogP) is 3.25. The van der Waals surface area contributed by atoms with Crippen LogP contribution in [0.3, 0.4) is 0 Å². The number of likely N-dealkylation sites (tertiary alicyclic amines) is 1. The Morgan fingerprint density at radius 2 is 1.71 bits per heavy atom. The van der Waals surface area contributed by atoms with Crippen LogP contribution in [0.4, 0.5) is 4.39 Å². The van der Waals surface area contributed by atoms with Gasteiger partial charge in [-0.15, -0.1) is 0 Å². The molecule has 1 saturated heterocycles. The van der Waals surface area contributed by atoms with E-state index in [1.165, 1.54) is 0 Å². The molecule has 0 spiro atoms. The Kier molecular flexibility index (Phi) is 3.57. The van der Waals surface area contributed by atoms with Gasteiger partial charge in [0, 0.05) is 13.1 Å². The molecule has 0 unspecified atom stereocenters. The number of halogens is 1. The van der Waals surface area contributed by atoms with Crippen molar-refractivity contribution in [2.75, 3.05) is 19.6 Å². The highest BCUT2D eigenvalue weighted by atomic mass is 19.1. The van der Waals surface area contributed by atoms with E-state index in [0.717, 1.165) is 32.5 Å². The fourth-order valence-electron chi connectivity index (χ4n) is 2.40. The van der Waals surface area contributed by atoms with Gasteiger partial charge >= 0.3 is 0 Å². The molecule has 0 aromatic heterocycles. The van der Waals surface area contributed by atoms with Gasteiger partial charge in [-0.05, 0) is 31.2 Å². The molecule has 1 heterocycles. The van der Waals surface area contributed by atoms with Crippen molar-refractivity contribution in [3.8, 4) is 0 Å². The second kappa shape index (κ2) is 4.18. The molecule has 0 saturated carbocycles. The van der Waals surface area contributed by atoms with E-state index in [4.69, 9.17) is 0 Å². The predicted molar refractivity (Wildman–Crippen MR) is 59.3 cm³/mol. The van der Waals surface area contributed by atoms with E-state index < -0.39 is 5.67 Å². The smallest absolute Gasteiger partial charge is 0.114 e. The number of piperidine rings is 1. The molecule has 0 N–H and O–H groups in total. The SMILES string of the molecule is CCN1CCC(F)(CC(C)(C)C)CC1. The van der Waals surface area contributed by atoms with Gasteiger partial charge in [-0.2, -0.15) is 0 Å². The molecule has 1 aliphatic heterocycles. The summed E-state index contributed by atoms with van der Waals surface area (Å²) in [5, 5.41) is 0. The lowest BCUT2D eigenvalue weighted by Gasteiger charge is -2.39. The van der Waals surface area contributed by atoms with Gasteiger partial charge in [0.15, 0.2) is 0 Å². The molecule has 1 rings (SSSR count). The molecule has 1 aliphatic rings. The quantitative estimate of drug-likeness (QED) is 0.663. The summed E-state index contributed by atoms with van der Waals surface area (Å²) >= 11 is 0. The van der Waals surface area contributed by atoms with E-state index in [1.807, 2.05) is 0 Å². The Balaban J connectivity index is 2.45. The number of hydrogen-bond acceptors (Lipinski definition) is 1. The standard InChI is InChI=1S/C12H24FN/c1-5-14-8-6-12(13,7-9-14)10-11(2,3)4/h5-10H2,1-4H3. The van der Waals surface area contributed by atoms with Crippen molar-refractivity contribution >= 4 is 0 Å². The van der Waals surface area contributed by atoms with Gasteiger partial charge in [-0.25, -0.2) is 4.39 Å². The molecule has 84 valence electrons. The molecule has 2 heteroatoms. The van der Waals surface area contributed by atoms with Crippen molar-refractivity contribution in [1.29, 1.82) is 0 Å². The molecular weight excluding hydrogens is 177 g/mol. The van der Waals surface area contributed by atoms with Crippen LogP contribution in [-0.2, 0) is 0 Å². The molecule has 0 aromatic rings. The minimum absolute atomic E-state index is 0.114. The molecule has 0 aromatic carbocycles. The monoisotopic (exact) mass is 201 g/mol. The summed E-state index contributed by atoms with van der Waals surface area (Å²) < 4.78 is 14.4. The average Bonchev–Trinajstić information content (AvgIpc) is 2.01. The van der Waals surface area contributed by atoms with E-state index >= 15 is 0 Å². The Morgan fingerprint density at radius 3 is 2.07 bits per heavy atom. The van der Waals surface area contributed by atoms with Crippen LogP contribution in [0.15, 0.2) is 0 Å². The zero-order valence-electron chi connectivity index (χ0n) is 10.1. The summed E-state index contributed by atoms with van der Waals surface area (Å²) in [6.07, 6.45) is 2.15. The Bertz CT molecular complexity index is 175. The summed E-state index contributed by atoms with van der Waals surface area (Å²) in [6, 6.07) is 0. The van der Waals surface area contributed by atoms with Gasteiger partial charge in [0.25, 0.3) is 0 Å². The molecule has 0 bridgehead atoms. The third-order valence-electron chi connectivity index (χ3n) is 3.05. The summed E-state index contributed by atoms with van der Waals surface area (Å²) in [6.45, 7) is 11.5. The maximum absolute atomic E-state index is 14.4. The van der Waals surface area contributed by atoms with E-state index in [2.05, 4.69) is 32.6 Å². The lowest BCUT2D eigenvalue weighted by Crippen LogP contribution is -2.43. The van der Waals surface area contributed by atoms with Gasteiger partial charge in [0.2, 0.25) is 0 Å². The zero-order chi connectivity index (χ0) is 10.8. The fraction of sp³-hybridized carbons (Fsp3) is 1.00. The lowest BCUT2D eigenvalue weighted by atomic mass is 9.78. The Hall–Kier alpha value is -0.110. The van der Waals surface area contributed by atoms with Crippen LogP contribution in [0, 0.1) is 5.41 Å². The van der Waals surface area contributed by atoms with Crippen LogP contribution < -0.4 is 0 Å². The van der Waals surface area contributed by atoms with Crippen LogP contribution in [-0.4, -0.2) is 30.2 Å². The number of rotatable bonds is 2. The fourth-order valence-corrected chi connectivity index (χ4v) is 2.40.